The molecule has 6 N–H and O–H groups in total. The highest BCUT2D eigenvalue weighted by Crippen LogP contribution is 2.12. The first-order valence-electron chi connectivity index (χ1n) is 4.68. The van der Waals surface area contributed by atoms with Crippen molar-refractivity contribution in [3.8, 4) is 0 Å². The van der Waals surface area contributed by atoms with Crippen LogP contribution in [0.3, 0.4) is 0 Å². The van der Waals surface area contributed by atoms with Crippen LogP contribution in [0.15, 0.2) is 0 Å². The summed E-state index contributed by atoms with van der Waals surface area (Å²) < 4.78 is 0. The minimum atomic E-state index is -1.33. The lowest BCUT2D eigenvalue weighted by Gasteiger charge is -2.37. The highest BCUT2D eigenvalue weighted by atomic mass is 16.4. The molecule has 0 bridgehead atoms. The second-order valence-corrected chi connectivity index (χ2v) is 3.62. The van der Waals surface area contributed by atoms with E-state index in [4.69, 9.17) is 5.73 Å². The van der Waals surface area contributed by atoms with Gasteiger partial charge in [0.15, 0.2) is 0 Å². The number of hydrogen-bond donors (Lipinski definition) is 5. The summed E-state index contributed by atoms with van der Waals surface area (Å²) in [5, 5.41) is 37.0. The fraction of sp³-hybridized carbons (Fsp3) is 0.875. The van der Waals surface area contributed by atoms with E-state index < -0.39 is 30.3 Å². The van der Waals surface area contributed by atoms with E-state index in [9.17, 15) is 25.2 Å². The van der Waals surface area contributed by atoms with Crippen LogP contribution in [0.1, 0.15) is 0 Å². The first-order chi connectivity index (χ1) is 6.97. The topological polar surface area (TPSA) is 127 Å². The second-order valence-electron chi connectivity index (χ2n) is 3.62. The van der Waals surface area contributed by atoms with Gasteiger partial charge in [0.25, 0.3) is 5.91 Å². The van der Waals surface area contributed by atoms with Crippen LogP contribution in [0, 0.1) is 0 Å². The maximum absolute atomic E-state index is 11.4. The van der Waals surface area contributed by atoms with Gasteiger partial charge >= 0.3 is 0 Å². The third-order valence-corrected chi connectivity index (χ3v) is 2.42. The monoisotopic (exact) mass is 220 g/mol. The Balaban J connectivity index is 2.61. The van der Waals surface area contributed by atoms with Crippen molar-refractivity contribution in [1.29, 1.82) is 0 Å². The van der Waals surface area contributed by atoms with Gasteiger partial charge in [0, 0.05) is 19.6 Å². The van der Waals surface area contributed by atoms with Gasteiger partial charge in [-0.05, 0) is 0 Å². The second kappa shape index (κ2) is 4.86. The molecule has 0 aliphatic carbocycles. The summed E-state index contributed by atoms with van der Waals surface area (Å²) >= 11 is 0. The van der Waals surface area contributed by atoms with E-state index in [0.29, 0.717) is 0 Å². The minimum absolute atomic E-state index is 0.117. The van der Waals surface area contributed by atoms with Crippen LogP contribution in [0.4, 0.5) is 0 Å². The van der Waals surface area contributed by atoms with Gasteiger partial charge in [-0.2, -0.15) is 0 Å². The van der Waals surface area contributed by atoms with E-state index in [1.54, 1.807) is 0 Å². The number of nitrogens with two attached hydrogens (primary N) is 1. The zero-order valence-corrected chi connectivity index (χ0v) is 8.15. The molecule has 1 fully saturated rings. The van der Waals surface area contributed by atoms with Crippen LogP contribution < -0.4 is 5.73 Å². The van der Waals surface area contributed by atoms with Crippen molar-refractivity contribution in [3.63, 3.8) is 0 Å². The molecule has 0 aromatic carbocycles. The number of aliphatic hydroxyl groups is 4. The summed E-state index contributed by atoms with van der Waals surface area (Å²) in [6.07, 6.45) is -5.01. The van der Waals surface area contributed by atoms with Crippen molar-refractivity contribution in [1.82, 2.24) is 4.90 Å². The van der Waals surface area contributed by atoms with Crippen molar-refractivity contribution in [3.05, 3.63) is 0 Å². The molecule has 1 rings (SSSR count). The standard InChI is InChI=1S/C8H16N2O5/c9-1-4(11)8(15)10-2-5(12)7(14)6(13)3-10/h4-7,11-14H,1-3,9H2. The molecule has 0 saturated carbocycles. The Morgan fingerprint density at radius 1 is 1.33 bits per heavy atom. The smallest absolute Gasteiger partial charge is 0.252 e. The van der Waals surface area contributed by atoms with E-state index in [-0.39, 0.29) is 19.6 Å². The Morgan fingerprint density at radius 2 is 1.80 bits per heavy atom. The quantitative estimate of drug-likeness (QED) is 0.325. The number of β-amino-alcohol motifs (C(OH)–C–C–N with tert-alkyl or cyclic N) is 2. The van der Waals surface area contributed by atoms with Gasteiger partial charge in [-0.3, -0.25) is 4.79 Å². The van der Waals surface area contributed by atoms with E-state index in [1.807, 2.05) is 0 Å². The van der Waals surface area contributed by atoms with Crippen molar-refractivity contribution in [2.75, 3.05) is 19.6 Å². The van der Waals surface area contributed by atoms with Gasteiger partial charge in [0.05, 0.1) is 0 Å². The van der Waals surface area contributed by atoms with Crippen LogP contribution >= 0.6 is 0 Å². The Hall–Kier alpha value is -0.730. The molecule has 88 valence electrons. The highest BCUT2D eigenvalue weighted by molar-refractivity contribution is 5.81. The molecule has 1 saturated heterocycles. The molecule has 0 aromatic rings. The zero-order valence-electron chi connectivity index (χ0n) is 8.15. The van der Waals surface area contributed by atoms with Gasteiger partial charge in [-0.1, -0.05) is 0 Å². The lowest BCUT2D eigenvalue weighted by atomic mass is 10.0. The van der Waals surface area contributed by atoms with Gasteiger partial charge < -0.3 is 31.1 Å². The first kappa shape index (κ1) is 12.3. The minimum Gasteiger partial charge on any atom is -0.388 e. The van der Waals surface area contributed by atoms with Gasteiger partial charge in [0.2, 0.25) is 0 Å². The highest BCUT2D eigenvalue weighted by Gasteiger charge is 2.36. The average molecular weight is 220 g/mol. The third-order valence-electron chi connectivity index (χ3n) is 2.42. The number of carbonyl (C=O) groups is 1. The van der Waals surface area contributed by atoms with E-state index in [0.717, 1.165) is 4.90 Å². The molecule has 3 atom stereocenters. The maximum atomic E-state index is 11.4. The lowest BCUT2D eigenvalue weighted by Crippen LogP contribution is -2.59. The molecule has 3 unspecified atom stereocenters. The number of rotatable bonds is 2. The molecule has 15 heavy (non-hydrogen) atoms. The Morgan fingerprint density at radius 3 is 2.20 bits per heavy atom. The number of piperidine rings is 1. The number of nitrogens with zero attached hydrogens (tertiary/aromatic N) is 1. The fourth-order valence-corrected chi connectivity index (χ4v) is 1.49. The SMILES string of the molecule is NCC(O)C(=O)N1CC(O)C(O)C(O)C1. The number of amides is 1. The predicted molar refractivity (Wildman–Crippen MR) is 49.7 cm³/mol. The van der Waals surface area contributed by atoms with Gasteiger partial charge in [-0.15, -0.1) is 0 Å². The molecule has 0 aromatic heterocycles. The van der Waals surface area contributed by atoms with Crippen molar-refractivity contribution < 1.29 is 25.2 Å². The summed E-state index contributed by atoms with van der Waals surface area (Å²) in [4.78, 5) is 12.5. The van der Waals surface area contributed by atoms with Crippen molar-refractivity contribution in [2.45, 2.75) is 24.4 Å². The summed E-state index contributed by atoms with van der Waals surface area (Å²) in [6.45, 7) is -0.452. The molecule has 1 amide bonds. The average Bonchev–Trinajstić information content (AvgIpc) is 2.23. The number of hydrogen-bond acceptors (Lipinski definition) is 6. The van der Waals surface area contributed by atoms with E-state index in [1.165, 1.54) is 0 Å². The number of carbonyl (C=O) groups excluding carboxylic acids is 1. The Kier molecular flexibility index (Phi) is 4.00. The summed E-state index contributed by atoms with van der Waals surface area (Å²) in [6, 6.07) is 0. The van der Waals surface area contributed by atoms with Gasteiger partial charge in [0.1, 0.15) is 24.4 Å². The Bertz CT molecular complexity index is 225. The lowest BCUT2D eigenvalue weighted by molar-refractivity contribution is -0.156. The van der Waals surface area contributed by atoms with Crippen LogP contribution in [-0.4, -0.2) is 75.3 Å². The zero-order chi connectivity index (χ0) is 11.6. The van der Waals surface area contributed by atoms with Gasteiger partial charge in [-0.25, -0.2) is 0 Å². The molecule has 0 spiro atoms. The molecule has 1 aliphatic rings. The normalized spacial score (nSPS) is 33.9. The number of likely N-dealkylation sites (tertiary alicyclic amines) is 1. The third kappa shape index (κ3) is 2.64. The maximum Gasteiger partial charge on any atom is 0.252 e. The van der Waals surface area contributed by atoms with Crippen LogP contribution in [0.5, 0.6) is 0 Å². The van der Waals surface area contributed by atoms with Crippen LogP contribution in [0.25, 0.3) is 0 Å². The fourth-order valence-electron chi connectivity index (χ4n) is 1.49. The molecule has 0 radical (unpaired) electrons. The molecule has 7 nitrogen and oxygen atoms in total. The Labute approximate surface area is 86.7 Å². The van der Waals surface area contributed by atoms with E-state index >= 15 is 0 Å². The summed E-state index contributed by atoms with van der Waals surface area (Å²) in [5.74, 6) is -0.650. The summed E-state index contributed by atoms with van der Waals surface area (Å²) in [7, 11) is 0. The molecule has 1 aliphatic heterocycles. The molecular weight excluding hydrogens is 204 g/mol. The van der Waals surface area contributed by atoms with Crippen molar-refractivity contribution in [2.24, 2.45) is 5.73 Å². The number of aliphatic hydroxyl groups excluding tert-OH is 4. The van der Waals surface area contributed by atoms with Crippen molar-refractivity contribution >= 4 is 5.91 Å². The van der Waals surface area contributed by atoms with E-state index in [2.05, 4.69) is 0 Å². The molecule has 1 heterocycles. The molecule has 7 heteroatoms. The predicted octanol–water partition coefficient (Wildman–Crippen LogP) is -3.77. The first-order valence-corrected chi connectivity index (χ1v) is 4.68. The van der Waals surface area contributed by atoms with Crippen LogP contribution in [-0.2, 0) is 4.79 Å². The molecular formula is C8H16N2O5. The summed E-state index contributed by atoms with van der Waals surface area (Å²) in [5.41, 5.74) is 5.10. The largest absolute Gasteiger partial charge is 0.388 e. The van der Waals surface area contributed by atoms with Crippen LogP contribution in [0.2, 0.25) is 0 Å².